The Kier molecular flexibility index (Phi) is 10.5. The molecule has 30 heavy (non-hydrogen) atoms. The molecule has 2 unspecified atom stereocenters. The standard InChI is InChI=1S/C23H30FNO4S/c1-3-5-9-18(4-2)16-29-22(26)14-15-30(27)23-20(12-13-21(24)25-23)28-17-19-10-7-6-8-11-19/h6-8,10-13,18H,3-5,9,14-17H2,1-2H3. The maximum absolute atomic E-state index is 13.6. The minimum atomic E-state index is -1.68. The summed E-state index contributed by atoms with van der Waals surface area (Å²) in [4.78, 5) is 15.8. The van der Waals surface area contributed by atoms with Crippen molar-refractivity contribution in [3.8, 4) is 5.75 Å². The van der Waals surface area contributed by atoms with E-state index in [-0.39, 0.29) is 29.6 Å². The number of pyridine rings is 1. The van der Waals surface area contributed by atoms with E-state index in [2.05, 4.69) is 18.8 Å². The van der Waals surface area contributed by atoms with Gasteiger partial charge in [-0.3, -0.25) is 9.00 Å². The molecule has 1 aromatic carbocycles. The predicted molar refractivity (Wildman–Crippen MR) is 115 cm³/mol. The van der Waals surface area contributed by atoms with Gasteiger partial charge in [-0.05, 0) is 30.0 Å². The highest BCUT2D eigenvalue weighted by molar-refractivity contribution is 7.85. The Morgan fingerprint density at radius 3 is 2.63 bits per heavy atom. The third kappa shape index (κ3) is 8.22. The Morgan fingerprint density at radius 2 is 1.93 bits per heavy atom. The minimum Gasteiger partial charge on any atom is -0.486 e. The molecule has 0 aliphatic carbocycles. The molecular formula is C23H30FNO4S. The van der Waals surface area contributed by atoms with Crippen LogP contribution in [-0.4, -0.2) is 27.5 Å². The summed E-state index contributed by atoms with van der Waals surface area (Å²) in [7, 11) is -1.68. The van der Waals surface area contributed by atoms with Crippen molar-refractivity contribution in [2.75, 3.05) is 12.4 Å². The van der Waals surface area contributed by atoms with Crippen LogP contribution in [0.1, 0.15) is 51.5 Å². The summed E-state index contributed by atoms with van der Waals surface area (Å²) in [5.74, 6) is -0.543. The van der Waals surface area contributed by atoms with Gasteiger partial charge in [-0.15, -0.1) is 0 Å². The summed E-state index contributed by atoms with van der Waals surface area (Å²) in [6.45, 7) is 4.84. The van der Waals surface area contributed by atoms with Gasteiger partial charge in [0.2, 0.25) is 5.95 Å². The summed E-state index contributed by atoms with van der Waals surface area (Å²) in [5, 5.41) is 0.00751. The average Bonchev–Trinajstić information content (AvgIpc) is 2.77. The lowest BCUT2D eigenvalue weighted by Crippen LogP contribution is -2.16. The molecule has 1 heterocycles. The van der Waals surface area contributed by atoms with Crippen LogP contribution < -0.4 is 4.74 Å². The fourth-order valence-electron chi connectivity index (χ4n) is 2.87. The molecule has 0 radical (unpaired) electrons. The van der Waals surface area contributed by atoms with E-state index in [1.165, 1.54) is 6.07 Å². The monoisotopic (exact) mass is 435 g/mol. The number of carbonyl (C=O) groups excluding carboxylic acids is 1. The molecule has 164 valence electrons. The molecule has 5 nitrogen and oxygen atoms in total. The highest BCUT2D eigenvalue weighted by Crippen LogP contribution is 2.22. The zero-order chi connectivity index (χ0) is 21.8. The second kappa shape index (κ2) is 13.1. The normalized spacial score (nSPS) is 12.9. The number of aromatic nitrogens is 1. The molecular weight excluding hydrogens is 405 g/mol. The van der Waals surface area contributed by atoms with Gasteiger partial charge in [0.1, 0.15) is 6.61 Å². The van der Waals surface area contributed by atoms with Crippen molar-refractivity contribution in [2.45, 2.75) is 57.6 Å². The minimum absolute atomic E-state index is 0.00271. The van der Waals surface area contributed by atoms with Crippen LogP contribution in [0.15, 0.2) is 47.5 Å². The van der Waals surface area contributed by atoms with E-state index >= 15 is 0 Å². The lowest BCUT2D eigenvalue weighted by molar-refractivity contribution is -0.144. The highest BCUT2D eigenvalue weighted by atomic mass is 32.2. The van der Waals surface area contributed by atoms with Crippen LogP contribution in [0, 0.1) is 11.9 Å². The van der Waals surface area contributed by atoms with E-state index in [1.807, 2.05) is 30.3 Å². The van der Waals surface area contributed by atoms with Crippen molar-refractivity contribution in [1.82, 2.24) is 4.98 Å². The Morgan fingerprint density at radius 1 is 1.17 bits per heavy atom. The quantitative estimate of drug-likeness (QED) is 0.325. The van der Waals surface area contributed by atoms with Gasteiger partial charge in [-0.2, -0.15) is 4.39 Å². The molecule has 0 spiro atoms. The molecule has 0 fully saturated rings. The van der Waals surface area contributed by atoms with Crippen LogP contribution >= 0.6 is 0 Å². The van der Waals surface area contributed by atoms with Crippen LogP contribution in [0.5, 0.6) is 5.75 Å². The summed E-state index contributed by atoms with van der Waals surface area (Å²) in [5.41, 5.74) is 0.927. The van der Waals surface area contributed by atoms with E-state index in [0.29, 0.717) is 12.5 Å². The third-order valence-electron chi connectivity index (χ3n) is 4.76. The van der Waals surface area contributed by atoms with E-state index < -0.39 is 22.7 Å². The molecule has 1 aromatic heterocycles. The molecule has 0 amide bonds. The van der Waals surface area contributed by atoms with Crippen LogP contribution in [0.4, 0.5) is 4.39 Å². The lowest BCUT2D eigenvalue weighted by Gasteiger charge is -2.14. The van der Waals surface area contributed by atoms with Gasteiger partial charge in [0.05, 0.1) is 23.8 Å². The van der Waals surface area contributed by atoms with Crippen LogP contribution in [0.2, 0.25) is 0 Å². The first-order chi connectivity index (χ1) is 14.5. The lowest BCUT2D eigenvalue weighted by atomic mass is 10.0. The van der Waals surface area contributed by atoms with E-state index in [4.69, 9.17) is 9.47 Å². The van der Waals surface area contributed by atoms with Crippen molar-refractivity contribution in [3.63, 3.8) is 0 Å². The number of carbonyl (C=O) groups is 1. The third-order valence-corrected chi connectivity index (χ3v) is 6.06. The molecule has 2 atom stereocenters. The van der Waals surface area contributed by atoms with E-state index in [1.54, 1.807) is 0 Å². The number of ether oxygens (including phenoxy) is 2. The molecule has 0 saturated heterocycles. The maximum atomic E-state index is 13.6. The number of hydrogen-bond donors (Lipinski definition) is 0. The Bertz CT molecular complexity index is 816. The maximum Gasteiger partial charge on any atom is 0.306 e. The molecule has 0 aliphatic heterocycles. The summed E-state index contributed by atoms with van der Waals surface area (Å²) < 4.78 is 37.3. The summed E-state index contributed by atoms with van der Waals surface area (Å²) >= 11 is 0. The first-order valence-corrected chi connectivity index (χ1v) is 11.7. The van der Waals surface area contributed by atoms with Crippen molar-refractivity contribution in [3.05, 3.63) is 54.0 Å². The second-order valence-corrected chi connectivity index (χ2v) is 8.60. The number of rotatable bonds is 13. The molecule has 0 saturated carbocycles. The molecule has 2 rings (SSSR count). The highest BCUT2D eigenvalue weighted by Gasteiger charge is 2.17. The number of unbranched alkanes of at least 4 members (excludes halogenated alkanes) is 1. The number of hydrogen-bond acceptors (Lipinski definition) is 5. The smallest absolute Gasteiger partial charge is 0.306 e. The van der Waals surface area contributed by atoms with Gasteiger partial charge >= 0.3 is 5.97 Å². The van der Waals surface area contributed by atoms with Gasteiger partial charge < -0.3 is 9.47 Å². The van der Waals surface area contributed by atoms with Crippen molar-refractivity contribution in [1.29, 1.82) is 0 Å². The zero-order valence-electron chi connectivity index (χ0n) is 17.6. The Balaban J connectivity index is 1.89. The Hall–Kier alpha value is -2.28. The van der Waals surface area contributed by atoms with E-state index in [9.17, 15) is 13.4 Å². The van der Waals surface area contributed by atoms with Gasteiger partial charge in [0.15, 0.2) is 10.8 Å². The summed E-state index contributed by atoms with van der Waals surface area (Å²) in [6.07, 6.45) is 4.18. The van der Waals surface area contributed by atoms with Crippen molar-refractivity contribution < 1.29 is 22.9 Å². The van der Waals surface area contributed by atoms with Crippen molar-refractivity contribution in [2.24, 2.45) is 5.92 Å². The molecule has 0 aliphatic rings. The van der Waals surface area contributed by atoms with Crippen molar-refractivity contribution >= 4 is 16.8 Å². The first-order valence-electron chi connectivity index (χ1n) is 10.4. The SMILES string of the molecule is CCCCC(CC)COC(=O)CCS(=O)c1nc(F)ccc1OCc1ccccc1. The predicted octanol–water partition coefficient (Wildman–Crippen LogP) is 5.06. The largest absolute Gasteiger partial charge is 0.486 e. The van der Waals surface area contributed by atoms with Crippen LogP contribution in [-0.2, 0) is 26.9 Å². The van der Waals surface area contributed by atoms with Gasteiger partial charge in [-0.25, -0.2) is 4.98 Å². The first kappa shape index (κ1) is 24.0. The Labute approximate surface area is 180 Å². The fraction of sp³-hybridized carbons (Fsp3) is 0.478. The zero-order valence-corrected chi connectivity index (χ0v) is 18.5. The number of esters is 1. The molecule has 2 aromatic rings. The van der Waals surface area contributed by atoms with Gasteiger partial charge in [0.25, 0.3) is 0 Å². The van der Waals surface area contributed by atoms with Crippen LogP contribution in [0.25, 0.3) is 0 Å². The number of halogens is 1. The second-order valence-electron chi connectivity index (χ2n) is 7.11. The number of nitrogens with zero attached hydrogens (tertiary/aromatic N) is 1. The van der Waals surface area contributed by atoms with Gasteiger partial charge in [0, 0.05) is 5.75 Å². The fourth-order valence-corrected chi connectivity index (χ4v) is 3.95. The van der Waals surface area contributed by atoms with E-state index in [0.717, 1.165) is 37.3 Å². The molecule has 0 N–H and O–H groups in total. The van der Waals surface area contributed by atoms with Crippen LogP contribution in [0.3, 0.4) is 0 Å². The molecule has 7 heteroatoms. The van der Waals surface area contributed by atoms with Gasteiger partial charge in [-0.1, -0.05) is 63.4 Å². The summed E-state index contributed by atoms with van der Waals surface area (Å²) in [6, 6.07) is 12.0. The number of benzene rings is 1. The topological polar surface area (TPSA) is 65.5 Å². The average molecular weight is 436 g/mol. The molecule has 0 bridgehead atoms.